The van der Waals surface area contributed by atoms with Crippen molar-refractivity contribution in [3.05, 3.63) is 72.6 Å². The number of fused-ring (bicyclic) bond motifs is 2. The van der Waals surface area contributed by atoms with Crippen molar-refractivity contribution in [2.24, 2.45) is 0 Å². The minimum absolute atomic E-state index is 0.0235. The van der Waals surface area contributed by atoms with Crippen LogP contribution in [0, 0.1) is 0 Å². The van der Waals surface area contributed by atoms with Crippen LogP contribution in [0.5, 0.6) is 0 Å². The first-order valence-corrected chi connectivity index (χ1v) is 12.1. The summed E-state index contributed by atoms with van der Waals surface area (Å²) in [5.41, 5.74) is 0.803. The molecule has 1 aliphatic carbocycles. The molecule has 0 amide bonds. The minimum atomic E-state index is -3.72. The van der Waals surface area contributed by atoms with Crippen molar-refractivity contribution in [3.63, 3.8) is 0 Å². The lowest BCUT2D eigenvalue weighted by atomic mass is 10.1. The molecule has 1 saturated carbocycles. The molecule has 0 radical (unpaired) electrons. The summed E-state index contributed by atoms with van der Waals surface area (Å²) >= 11 is 0. The van der Waals surface area contributed by atoms with Gasteiger partial charge in [-0.15, -0.1) is 0 Å². The van der Waals surface area contributed by atoms with Gasteiger partial charge in [-0.05, 0) is 36.4 Å². The van der Waals surface area contributed by atoms with Gasteiger partial charge in [-0.25, -0.2) is 23.1 Å². The molecule has 158 valence electrons. The molecular formula is C24H24N4O2S. The van der Waals surface area contributed by atoms with E-state index in [0.717, 1.165) is 34.9 Å². The van der Waals surface area contributed by atoms with E-state index in [1.807, 2.05) is 54.6 Å². The maximum absolute atomic E-state index is 13.1. The average Bonchev–Trinajstić information content (AvgIpc) is 3.30. The predicted molar refractivity (Wildman–Crippen MR) is 123 cm³/mol. The zero-order chi connectivity index (χ0) is 21.3. The van der Waals surface area contributed by atoms with E-state index in [1.165, 1.54) is 12.8 Å². The van der Waals surface area contributed by atoms with Crippen molar-refractivity contribution in [3.8, 4) is 0 Å². The highest BCUT2D eigenvalue weighted by molar-refractivity contribution is 7.89. The van der Waals surface area contributed by atoms with Crippen LogP contribution < -0.4 is 10.0 Å². The molecule has 0 bridgehead atoms. The lowest BCUT2D eigenvalue weighted by Crippen LogP contribution is -2.25. The van der Waals surface area contributed by atoms with Crippen LogP contribution >= 0.6 is 0 Å². The lowest BCUT2D eigenvalue weighted by Gasteiger charge is -2.16. The molecule has 3 aromatic carbocycles. The lowest BCUT2D eigenvalue weighted by molar-refractivity contribution is 0.580. The van der Waals surface area contributed by atoms with E-state index < -0.39 is 10.0 Å². The molecule has 0 spiro atoms. The van der Waals surface area contributed by atoms with Gasteiger partial charge < -0.3 is 5.32 Å². The SMILES string of the molecule is O=S(=O)(NCc1nc(NC2CCCC2)c2ccccc2n1)c1cccc2ccccc12. The van der Waals surface area contributed by atoms with Crippen molar-refractivity contribution < 1.29 is 8.42 Å². The molecule has 1 heterocycles. The van der Waals surface area contributed by atoms with Crippen LogP contribution in [0.25, 0.3) is 21.7 Å². The Morgan fingerprint density at radius 3 is 2.39 bits per heavy atom. The van der Waals surface area contributed by atoms with Crippen molar-refractivity contribution >= 4 is 37.5 Å². The molecule has 2 N–H and O–H groups in total. The fourth-order valence-electron chi connectivity index (χ4n) is 4.24. The minimum Gasteiger partial charge on any atom is -0.367 e. The van der Waals surface area contributed by atoms with Crippen LogP contribution in [0.1, 0.15) is 31.5 Å². The Labute approximate surface area is 181 Å². The molecule has 31 heavy (non-hydrogen) atoms. The molecule has 0 atom stereocenters. The number of hydrogen-bond acceptors (Lipinski definition) is 5. The second-order valence-corrected chi connectivity index (χ2v) is 9.67. The normalized spacial score (nSPS) is 15.0. The third-order valence-corrected chi connectivity index (χ3v) is 7.26. The molecule has 1 aliphatic rings. The van der Waals surface area contributed by atoms with Crippen LogP contribution in [0.2, 0.25) is 0 Å². The maximum Gasteiger partial charge on any atom is 0.241 e. The van der Waals surface area contributed by atoms with Crippen molar-refractivity contribution in [1.82, 2.24) is 14.7 Å². The Balaban J connectivity index is 1.45. The van der Waals surface area contributed by atoms with Gasteiger partial charge >= 0.3 is 0 Å². The molecule has 0 aliphatic heterocycles. The molecule has 0 unspecified atom stereocenters. The summed E-state index contributed by atoms with van der Waals surface area (Å²) < 4.78 is 28.8. The molecule has 0 saturated heterocycles. The second-order valence-electron chi connectivity index (χ2n) is 7.93. The van der Waals surface area contributed by atoms with Gasteiger partial charge in [-0.1, -0.05) is 61.4 Å². The first kappa shape index (κ1) is 19.9. The van der Waals surface area contributed by atoms with Gasteiger partial charge in [0.1, 0.15) is 11.6 Å². The van der Waals surface area contributed by atoms with E-state index in [4.69, 9.17) is 0 Å². The van der Waals surface area contributed by atoms with E-state index in [-0.39, 0.29) is 11.4 Å². The number of anilines is 1. The van der Waals surface area contributed by atoms with Crippen molar-refractivity contribution in [2.45, 2.75) is 43.2 Å². The fourth-order valence-corrected chi connectivity index (χ4v) is 5.45. The number of para-hydroxylation sites is 1. The number of hydrogen-bond donors (Lipinski definition) is 2. The molecule has 5 rings (SSSR count). The Kier molecular flexibility index (Phi) is 5.29. The van der Waals surface area contributed by atoms with Gasteiger partial charge in [-0.3, -0.25) is 0 Å². The second kappa shape index (κ2) is 8.24. The number of nitrogens with one attached hydrogen (secondary N) is 2. The topological polar surface area (TPSA) is 84.0 Å². The quantitative estimate of drug-likeness (QED) is 0.465. The summed E-state index contributed by atoms with van der Waals surface area (Å²) in [6.07, 6.45) is 4.69. The van der Waals surface area contributed by atoms with Crippen LogP contribution in [0.15, 0.2) is 71.6 Å². The van der Waals surface area contributed by atoms with Gasteiger partial charge in [0.25, 0.3) is 0 Å². The fraction of sp³-hybridized carbons (Fsp3) is 0.250. The van der Waals surface area contributed by atoms with Gasteiger partial charge in [-0.2, -0.15) is 0 Å². The number of nitrogens with zero attached hydrogens (tertiary/aromatic N) is 2. The third-order valence-electron chi connectivity index (χ3n) is 5.81. The average molecular weight is 433 g/mol. The summed E-state index contributed by atoms with van der Waals surface area (Å²) in [5.74, 6) is 1.22. The highest BCUT2D eigenvalue weighted by atomic mass is 32.2. The maximum atomic E-state index is 13.1. The molecule has 4 aromatic rings. The zero-order valence-corrected chi connectivity index (χ0v) is 17.9. The smallest absolute Gasteiger partial charge is 0.241 e. The third kappa shape index (κ3) is 4.11. The highest BCUT2D eigenvalue weighted by Crippen LogP contribution is 2.26. The van der Waals surface area contributed by atoms with Crippen LogP contribution in [0.3, 0.4) is 0 Å². The van der Waals surface area contributed by atoms with Crippen molar-refractivity contribution in [1.29, 1.82) is 0 Å². The number of rotatable bonds is 6. The van der Waals surface area contributed by atoms with Gasteiger partial charge in [0.15, 0.2) is 0 Å². The Bertz CT molecular complexity index is 1340. The van der Waals surface area contributed by atoms with Gasteiger partial charge in [0.05, 0.1) is 17.0 Å². The molecule has 7 heteroatoms. The Morgan fingerprint density at radius 2 is 1.55 bits per heavy atom. The standard InChI is InChI=1S/C24H24N4O2S/c29-31(30,22-15-7-9-17-8-1-4-12-19(17)22)25-16-23-27-21-14-6-5-13-20(21)24(28-23)26-18-10-2-3-11-18/h1,4-9,12-15,18,25H,2-3,10-11,16H2,(H,26,27,28). The zero-order valence-electron chi connectivity index (χ0n) is 17.1. The van der Waals surface area contributed by atoms with E-state index in [0.29, 0.717) is 17.3 Å². The van der Waals surface area contributed by atoms with Crippen LogP contribution in [0.4, 0.5) is 5.82 Å². The monoisotopic (exact) mass is 432 g/mol. The summed E-state index contributed by atoms with van der Waals surface area (Å²) in [6.45, 7) is 0.0235. The van der Waals surface area contributed by atoms with E-state index in [2.05, 4.69) is 20.0 Å². The Hall–Kier alpha value is -3.03. The largest absolute Gasteiger partial charge is 0.367 e. The Morgan fingerprint density at radius 1 is 0.839 bits per heavy atom. The molecular weight excluding hydrogens is 408 g/mol. The summed E-state index contributed by atoms with van der Waals surface area (Å²) in [7, 11) is -3.72. The van der Waals surface area contributed by atoms with Crippen LogP contribution in [-0.4, -0.2) is 24.4 Å². The van der Waals surface area contributed by atoms with Crippen molar-refractivity contribution in [2.75, 3.05) is 5.32 Å². The first-order chi connectivity index (χ1) is 15.1. The van der Waals surface area contributed by atoms with E-state index >= 15 is 0 Å². The van der Waals surface area contributed by atoms with Gasteiger partial charge in [0, 0.05) is 16.8 Å². The van der Waals surface area contributed by atoms with E-state index in [9.17, 15) is 8.42 Å². The van der Waals surface area contributed by atoms with E-state index in [1.54, 1.807) is 12.1 Å². The van der Waals surface area contributed by atoms with Gasteiger partial charge in [0.2, 0.25) is 10.0 Å². The number of aromatic nitrogens is 2. The number of sulfonamides is 1. The van der Waals surface area contributed by atoms with Crippen LogP contribution in [-0.2, 0) is 16.6 Å². The first-order valence-electron chi connectivity index (χ1n) is 10.6. The predicted octanol–water partition coefficient (Wildman–Crippen LogP) is 4.62. The molecule has 1 aromatic heterocycles. The molecule has 6 nitrogen and oxygen atoms in total. The number of benzene rings is 3. The summed E-state index contributed by atoms with van der Waals surface area (Å²) in [4.78, 5) is 9.53. The molecule has 1 fully saturated rings. The highest BCUT2D eigenvalue weighted by Gasteiger charge is 2.20. The summed E-state index contributed by atoms with van der Waals surface area (Å²) in [5, 5.41) is 6.08. The summed E-state index contributed by atoms with van der Waals surface area (Å²) in [6, 6.07) is 21.0.